The lowest BCUT2D eigenvalue weighted by Crippen LogP contribution is -2.29. The first-order chi connectivity index (χ1) is 12.0. The molecule has 0 saturated carbocycles. The van der Waals surface area contributed by atoms with Gasteiger partial charge in [0.1, 0.15) is 0 Å². The van der Waals surface area contributed by atoms with E-state index in [1.165, 1.54) is 0 Å². The van der Waals surface area contributed by atoms with Gasteiger partial charge in [0.2, 0.25) is 0 Å². The Morgan fingerprint density at radius 3 is 3.00 bits per heavy atom. The Balaban J connectivity index is 1.55. The van der Waals surface area contributed by atoms with Crippen molar-refractivity contribution in [2.75, 3.05) is 13.1 Å². The van der Waals surface area contributed by atoms with Gasteiger partial charge in [-0.1, -0.05) is 6.07 Å². The number of pyridine rings is 1. The van der Waals surface area contributed by atoms with E-state index in [0.29, 0.717) is 25.1 Å². The highest BCUT2D eigenvalue weighted by Crippen LogP contribution is 2.25. The van der Waals surface area contributed by atoms with Gasteiger partial charge in [0, 0.05) is 30.9 Å². The highest BCUT2D eigenvalue weighted by molar-refractivity contribution is 6.01. The molecule has 1 aliphatic rings. The number of nitrogens with one attached hydrogen (secondary N) is 1. The summed E-state index contributed by atoms with van der Waals surface area (Å²) in [5.41, 5.74) is 4.33. The number of aliphatic hydroxyl groups is 1. The molecule has 7 nitrogen and oxygen atoms in total. The van der Waals surface area contributed by atoms with E-state index in [0.717, 1.165) is 22.5 Å². The predicted octanol–water partition coefficient (Wildman–Crippen LogP) is 1.35. The molecule has 2 N–H and O–H groups in total. The summed E-state index contributed by atoms with van der Waals surface area (Å²) in [7, 11) is 0. The zero-order valence-electron chi connectivity index (χ0n) is 14.3. The van der Waals surface area contributed by atoms with Crippen LogP contribution < -0.4 is 0 Å². The molecule has 25 heavy (non-hydrogen) atoms. The van der Waals surface area contributed by atoms with Gasteiger partial charge in [0.05, 0.1) is 29.1 Å². The molecule has 1 fully saturated rings. The Morgan fingerprint density at radius 1 is 1.40 bits per heavy atom. The van der Waals surface area contributed by atoms with E-state index in [9.17, 15) is 9.90 Å². The molecule has 0 radical (unpaired) electrons. The molecular formula is C18H21N5O2. The molecule has 1 amide bonds. The summed E-state index contributed by atoms with van der Waals surface area (Å²) >= 11 is 0. The van der Waals surface area contributed by atoms with Gasteiger partial charge in [-0.25, -0.2) is 4.52 Å². The Hall–Kier alpha value is -2.67. The monoisotopic (exact) mass is 339 g/mol. The predicted molar refractivity (Wildman–Crippen MR) is 92.4 cm³/mol. The smallest absolute Gasteiger partial charge is 0.257 e. The molecule has 1 saturated heterocycles. The number of aromatic amines is 1. The number of likely N-dealkylation sites (tertiary alicyclic amines) is 1. The fourth-order valence-corrected chi connectivity index (χ4v) is 3.61. The summed E-state index contributed by atoms with van der Waals surface area (Å²) in [6, 6.07) is 5.85. The van der Waals surface area contributed by atoms with Crippen molar-refractivity contribution >= 4 is 11.4 Å². The molecule has 4 rings (SSSR count). The van der Waals surface area contributed by atoms with Crippen molar-refractivity contribution in [2.24, 2.45) is 5.92 Å². The Kier molecular flexibility index (Phi) is 3.80. The first kappa shape index (κ1) is 15.8. The van der Waals surface area contributed by atoms with Crippen LogP contribution in [0.2, 0.25) is 0 Å². The second-order valence-corrected chi connectivity index (χ2v) is 6.83. The lowest BCUT2D eigenvalue weighted by molar-refractivity contribution is 0.0766. The average molecular weight is 339 g/mol. The highest BCUT2D eigenvalue weighted by atomic mass is 16.3. The van der Waals surface area contributed by atoms with Crippen molar-refractivity contribution < 1.29 is 9.90 Å². The zero-order chi connectivity index (χ0) is 17.6. The normalized spacial score (nSPS) is 20.5. The average Bonchev–Trinajstić information content (AvgIpc) is 3.27. The van der Waals surface area contributed by atoms with E-state index in [2.05, 4.69) is 15.3 Å². The summed E-state index contributed by atoms with van der Waals surface area (Å²) in [6.07, 6.45) is 3.56. The van der Waals surface area contributed by atoms with Crippen LogP contribution in [-0.2, 0) is 6.42 Å². The lowest BCUT2D eigenvalue weighted by atomic mass is 10.0. The number of rotatable bonds is 3. The number of β-amino-alcohol motifs (C(OH)–C–C–N with tert-alkyl or cyclic N) is 1. The number of hydrogen-bond donors (Lipinski definition) is 2. The number of amides is 1. The number of aliphatic hydroxyl groups excluding tert-OH is 1. The molecule has 4 heterocycles. The van der Waals surface area contributed by atoms with Crippen molar-refractivity contribution in [1.82, 2.24) is 24.7 Å². The number of fused-ring (bicyclic) bond motifs is 1. The van der Waals surface area contributed by atoms with Crippen LogP contribution in [0.4, 0.5) is 0 Å². The minimum absolute atomic E-state index is 0.00501. The number of aryl methyl sites for hydroxylation is 2. The first-order valence-corrected chi connectivity index (χ1v) is 8.44. The minimum atomic E-state index is -0.538. The maximum Gasteiger partial charge on any atom is 0.257 e. The van der Waals surface area contributed by atoms with Crippen LogP contribution in [0.15, 0.2) is 30.6 Å². The van der Waals surface area contributed by atoms with Crippen molar-refractivity contribution in [3.8, 4) is 0 Å². The van der Waals surface area contributed by atoms with Crippen molar-refractivity contribution in [3.63, 3.8) is 0 Å². The van der Waals surface area contributed by atoms with Gasteiger partial charge in [0.25, 0.3) is 5.91 Å². The molecule has 3 aromatic heterocycles. The molecule has 0 aliphatic carbocycles. The van der Waals surface area contributed by atoms with E-state index in [1.54, 1.807) is 15.6 Å². The molecule has 0 spiro atoms. The number of H-pyrrole nitrogens is 1. The van der Waals surface area contributed by atoms with Crippen LogP contribution in [-0.4, -0.2) is 54.9 Å². The van der Waals surface area contributed by atoms with E-state index in [-0.39, 0.29) is 11.8 Å². The van der Waals surface area contributed by atoms with Crippen LogP contribution in [0.1, 0.15) is 27.3 Å². The van der Waals surface area contributed by atoms with Crippen LogP contribution in [0.25, 0.3) is 5.52 Å². The summed E-state index contributed by atoms with van der Waals surface area (Å²) in [5, 5.41) is 21.8. The molecule has 130 valence electrons. The summed E-state index contributed by atoms with van der Waals surface area (Å²) in [6.45, 7) is 4.78. The summed E-state index contributed by atoms with van der Waals surface area (Å²) in [5.74, 6) is -0.0846. The number of hydrogen-bond acceptors (Lipinski definition) is 4. The molecule has 3 aromatic rings. The van der Waals surface area contributed by atoms with E-state index in [1.807, 2.05) is 38.2 Å². The summed E-state index contributed by atoms with van der Waals surface area (Å²) < 4.78 is 1.72. The third-order valence-corrected chi connectivity index (χ3v) is 4.90. The van der Waals surface area contributed by atoms with Crippen LogP contribution in [0, 0.1) is 19.8 Å². The van der Waals surface area contributed by atoms with Crippen LogP contribution in [0.3, 0.4) is 0 Å². The molecule has 7 heteroatoms. The molecule has 1 aliphatic heterocycles. The maximum atomic E-state index is 13.0. The summed E-state index contributed by atoms with van der Waals surface area (Å²) in [4.78, 5) is 14.7. The fraction of sp³-hybridized carbons (Fsp3) is 0.389. The third-order valence-electron chi connectivity index (χ3n) is 4.90. The van der Waals surface area contributed by atoms with Gasteiger partial charge in [-0.05, 0) is 38.0 Å². The quantitative estimate of drug-likeness (QED) is 0.754. The standard InChI is InChI=1S/C18H21N5O2/c1-11-4-3-5-23-17(11)15(8-19-23)18(25)22-9-13(16(24)10-22)7-14-6-12(2)20-21-14/h3-6,8,13,16,24H,7,9-10H2,1-2H3,(H,20,21)/t13-,16-/m1/s1. The Bertz CT molecular complexity index is 929. The van der Waals surface area contributed by atoms with Crippen molar-refractivity contribution in [2.45, 2.75) is 26.4 Å². The molecular weight excluding hydrogens is 318 g/mol. The SMILES string of the molecule is Cc1cc(C[C@@H]2CN(C(=O)c3cnn4cccc(C)c34)C[C@H]2O)n[nH]1. The van der Waals surface area contributed by atoms with Gasteiger partial charge in [-0.3, -0.25) is 9.89 Å². The minimum Gasteiger partial charge on any atom is -0.391 e. The highest BCUT2D eigenvalue weighted by Gasteiger charge is 2.35. The molecule has 2 atom stereocenters. The largest absolute Gasteiger partial charge is 0.391 e. The molecule has 0 unspecified atom stereocenters. The second kappa shape index (κ2) is 6.00. The van der Waals surface area contributed by atoms with E-state index >= 15 is 0 Å². The van der Waals surface area contributed by atoms with Gasteiger partial charge in [0.15, 0.2) is 0 Å². The fourth-order valence-electron chi connectivity index (χ4n) is 3.61. The lowest BCUT2D eigenvalue weighted by Gasteiger charge is -2.15. The van der Waals surface area contributed by atoms with Gasteiger partial charge >= 0.3 is 0 Å². The van der Waals surface area contributed by atoms with Crippen LogP contribution in [0.5, 0.6) is 0 Å². The van der Waals surface area contributed by atoms with E-state index in [4.69, 9.17) is 0 Å². The Morgan fingerprint density at radius 2 is 2.24 bits per heavy atom. The Labute approximate surface area is 145 Å². The van der Waals surface area contributed by atoms with Crippen molar-refractivity contribution in [1.29, 1.82) is 0 Å². The maximum absolute atomic E-state index is 13.0. The first-order valence-electron chi connectivity index (χ1n) is 8.44. The number of nitrogens with zero attached hydrogens (tertiary/aromatic N) is 4. The van der Waals surface area contributed by atoms with Gasteiger partial charge in [-0.15, -0.1) is 0 Å². The zero-order valence-corrected chi connectivity index (χ0v) is 14.3. The number of carbonyl (C=O) groups is 1. The third kappa shape index (κ3) is 2.80. The second-order valence-electron chi connectivity index (χ2n) is 6.83. The van der Waals surface area contributed by atoms with E-state index < -0.39 is 6.10 Å². The number of carbonyl (C=O) groups excluding carboxylic acids is 1. The van der Waals surface area contributed by atoms with Gasteiger partial charge < -0.3 is 10.0 Å². The van der Waals surface area contributed by atoms with Crippen LogP contribution >= 0.6 is 0 Å². The van der Waals surface area contributed by atoms with Crippen molar-refractivity contribution in [3.05, 3.63) is 53.1 Å². The topological polar surface area (TPSA) is 86.5 Å². The molecule has 0 bridgehead atoms. The molecule has 0 aromatic carbocycles. The van der Waals surface area contributed by atoms with Gasteiger partial charge in [-0.2, -0.15) is 10.2 Å². The number of aromatic nitrogens is 4.